The van der Waals surface area contributed by atoms with E-state index in [1.165, 1.54) is 0 Å². The lowest BCUT2D eigenvalue weighted by atomic mass is 9.96. The largest absolute Gasteiger partial charge is 0.464 e. The number of benzene rings is 3. The molecule has 3 aromatic carbocycles. The van der Waals surface area contributed by atoms with E-state index in [1.54, 1.807) is 0 Å². The molecule has 2 atom stereocenters. The summed E-state index contributed by atoms with van der Waals surface area (Å²) in [7, 11) is 0. The average Bonchev–Trinajstić information content (AvgIpc) is 3.14. The molecule has 0 N–H and O–H groups in total. The first-order valence-electron chi connectivity index (χ1n) is 8.82. The summed E-state index contributed by atoms with van der Waals surface area (Å²) in [4.78, 5) is 0. The molecule has 2 aliphatic rings. The lowest BCUT2D eigenvalue weighted by molar-refractivity contribution is -0.0190. The fraction of sp³-hybridized carbons (Fsp3) is 0.136. The zero-order valence-electron chi connectivity index (χ0n) is 14.3. The molecule has 2 aliphatic heterocycles. The molecule has 0 saturated carbocycles. The van der Waals surface area contributed by atoms with E-state index in [-0.39, 0.29) is 12.3 Å². The van der Waals surface area contributed by atoms with E-state index >= 15 is 0 Å². The fourth-order valence-electron chi connectivity index (χ4n) is 3.74. The molecule has 0 aromatic heterocycles. The maximum absolute atomic E-state index is 6.37. The Morgan fingerprint density at radius 3 is 2.67 bits per heavy atom. The minimum Gasteiger partial charge on any atom is -0.464 e. The van der Waals surface area contributed by atoms with Gasteiger partial charge in [-0.2, -0.15) is 5.10 Å². The highest BCUT2D eigenvalue weighted by Crippen LogP contribution is 2.48. The van der Waals surface area contributed by atoms with Gasteiger partial charge in [-0.15, -0.1) is 0 Å². The SMILES string of the molecule is Clc1cccc([C@H]2Oc3ccc(Br)cc3[C@H]3CC(c4ccccc4)=NN32)c1. The molecular formula is C22H16BrClN2O. The number of halogens is 2. The van der Waals surface area contributed by atoms with Crippen LogP contribution in [0.4, 0.5) is 0 Å². The van der Waals surface area contributed by atoms with Crippen LogP contribution in [0, 0.1) is 0 Å². The average molecular weight is 440 g/mol. The van der Waals surface area contributed by atoms with Gasteiger partial charge in [0, 0.05) is 27.0 Å². The predicted molar refractivity (Wildman–Crippen MR) is 111 cm³/mol. The Bertz CT molecular complexity index is 1040. The maximum atomic E-state index is 6.37. The van der Waals surface area contributed by atoms with Crippen LogP contribution >= 0.6 is 27.5 Å². The van der Waals surface area contributed by atoms with Gasteiger partial charge in [0.25, 0.3) is 0 Å². The summed E-state index contributed by atoms with van der Waals surface area (Å²) in [6.45, 7) is 0. The molecule has 5 heteroatoms. The fourth-order valence-corrected chi connectivity index (χ4v) is 4.32. The molecule has 134 valence electrons. The van der Waals surface area contributed by atoms with Crippen molar-refractivity contribution in [3.8, 4) is 5.75 Å². The van der Waals surface area contributed by atoms with E-state index in [4.69, 9.17) is 21.4 Å². The first-order chi connectivity index (χ1) is 13.2. The van der Waals surface area contributed by atoms with Crippen LogP contribution in [0.2, 0.25) is 5.02 Å². The number of rotatable bonds is 2. The van der Waals surface area contributed by atoms with Gasteiger partial charge in [0.1, 0.15) is 5.75 Å². The Kier molecular flexibility index (Phi) is 4.18. The van der Waals surface area contributed by atoms with E-state index in [1.807, 2.05) is 54.6 Å². The number of ether oxygens (including phenoxy) is 1. The predicted octanol–water partition coefficient (Wildman–Crippen LogP) is 6.34. The van der Waals surface area contributed by atoms with E-state index in [0.29, 0.717) is 5.02 Å². The molecular weight excluding hydrogens is 424 g/mol. The molecule has 3 nitrogen and oxygen atoms in total. The van der Waals surface area contributed by atoms with Crippen molar-refractivity contribution < 1.29 is 4.74 Å². The van der Waals surface area contributed by atoms with Gasteiger partial charge in [-0.25, -0.2) is 5.01 Å². The van der Waals surface area contributed by atoms with Crippen LogP contribution in [-0.2, 0) is 0 Å². The third-order valence-corrected chi connectivity index (χ3v) is 5.72. The highest BCUT2D eigenvalue weighted by Gasteiger charge is 2.41. The first kappa shape index (κ1) is 16.8. The van der Waals surface area contributed by atoms with Gasteiger partial charge in [0.15, 0.2) is 0 Å². The lowest BCUT2D eigenvalue weighted by Gasteiger charge is -2.38. The summed E-state index contributed by atoms with van der Waals surface area (Å²) in [5.74, 6) is 0.897. The zero-order valence-corrected chi connectivity index (χ0v) is 16.7. The monoisotopic (exact) mass is 438 g/mol. The Labute approximate surface area is 171 Å². The minimum absolute atomic E-state index is 0.130. The molecule has 0 aliphatic carbocycles. The van der Waals surface area contributed by atoms with E-state index in [0.717, 1.165) is 39.0 Å². The quantitative estimate of drug-likeness (QED) is 0.465. The summed E-state index contributed by atoms with van der Waals surface area (Å²) in [5.41, 5.74) is 4.37. The minimum atomic E-state index is -0.302. The van der Waals surface area contributed by atoms with Crippen molar-refractivity contribution in [1.29, 1.82) is 0 Å². The highest BCUT2D eigenvalue weighted by atomic mass is 79.9. The van der Waals surface area contributed by atoms with Gasteiger partial charge in [0.05, 0.1) is 11.8 Å². The van der Waals surface area contributed by atoms with Crippen LogP contribution in [0.5, 0.6) is 5.75 Å². The summed E-state index contributed by atoms with van der Waals surface area (Å²) < 4.78 is 7.41. The Hall–Kier alpha value is -2.30. The molecule has 0 bridgehead atoms. The topological polar surface area (TPSA) is 24.8 Å². The van der Waals surface area contributed by atoms with E-state index < -0.39 is 0 Å². The van der Waals surface area contributed by atoms with Crippen LogP contribution in [0.15, 0.2) is 82.4 Å². The van der Waals surface area contributed by atoms with Crippen LogP contribution in [0.1, 0.15) is 35.4 Å². The third kappa shape index (κ3) is 3.03. The van der Waals surface area contributed by atoms with E-state index in [2.05, 4.69) is 39.1 Å². The second kappa shape index (κ2) is 6.70. The summed E-state index contributed by atoms with van der Waals surface area (Å²) in [6, 6.07) is 24.4. The number of hydrogen-bond donors (Lipinski definition) is 0. The Morgan fingerprint density at radius 1 is 1.00 bits per heavy atom. The van der Waals surface area contributed by atoms with Gasteiger partial charge in [-0.05, 0) is 35.9 Å². The van der Waals surface area contributed by atoms with Crippen LogP contribution in [-0.4, -0.2) is 10.7 Å². The normalized spacial score (nSPS) is 20.5. The number of hydrazone groups is 1. The maximum Gasteiger partial charge on any atom is 0.213 e. The summed E-state index contributed by atoms with van der Waals surface area (Å²) >= 11 is 9.82. The molecule has 0 saturated heterocycles. The lowest BCUT2D eigenvalue weighted by Crippen LogP contribution is -2.33. The van der Waals surface area contributed by atoms with Gasteiger partial charge in [-0.3, -0.25) is 0 Å². The summed E-state index contributed by atoms with van der Waals surface area (Å²) in [6.07, 6.45) is 0.539. The van der Waals surface area contributed by atoms with E-state index in [9.17, 15) is 0 Å². The van der Waals surface area contributed by atoms with Crippen molar-refractivity contribution in [3.05, 3.63) is 99.0 Å². The van der Waals surface area contributed by atoms with Crippen molar-refractivity contribution in [3.63, 3.8) is 0 Å². The molecule has 0 radical (unpaired) electrons. The van der Waals surface area contributed by atoms with Crippen molar-refractivity contribution in [1.82, 2.24) is 5.01 Å². The standard InChI is InChI=1S/C22H16BrClN2O/c23-16-9-10-21-18(12-16)20-13-19(14-5-2-1-3-6-14)25-26(20)22(27-21)15-7-4-8-17(24)11-15/h1-12,20,22H,13H2/t20-,22-/m1/s1. The zero-order chi connectivity index (χ0) is 18.4. The molecule has 0 spiro atoms. The smallest absolute Gasteiger partial charge is 0.213 e. The molecule has 2 heterocycles. The highest BCUT2D eigenvalue weighted by molar-refractivity contribution is 9.10. The third-order valence-electron chi connectivity index (χ3n) is 4.99. The molecule has 5 rings (SSSR count). The van der Waals surface area contributed by atoms with Crippen LogP contribution in [0.25, 0.3) is 0 Å². The Balaban J connectivity index is 1.62. The number of nitrogens with zero attached hydrogens (tertiary/aromatic N) is 2. The van der Waals surface area contributed by atoms with Crippen molar-refractivity contribution in [2.75, 3.05) is 0 Å². The Morgan fingerprint density at radius 2 is 1.85 bits per heavy atom. The van der Waals surface area contributed by atoms with Gasteiger partial charge >= 0.3 is 0 Å². The van der Waals surface area contributed by atoms with Gasteiger partial charge in [-0.1, -0.05) is 70.0 Å². The molecule has 0 fully saturated rings. The molecule has 0 amide bonds. The summed E-state index contributed by atoms with van der Waals surface area (Å²) in [5, 5.41) is 7.73. The van der Waals surface area contributed by atoms with Gasteiger partial charge in [0.2, 0.25) is 6.23 Å². The second-order valence-electron chi connectivity index (χ2n) is 6.72. The van der Waals surface area contributed by atoms with Crippen LogP contribution < -0.4 is 4.74 Å². The van der Waals surface area contributed by atoms with Crippen molar-refractivity contribution >= 4 is 33.2 Å². The van der Waals surface area contributed by atoms with Gasteiger partial charge < -0.3 is 4.74 Å². The van der Waals surface area contributed by atoms with Crippen molar-refractivity contribution in [2.24, 2.45) is 5.10 Å². The number of fused-ring (bicyclic) bond motifs is 3. The molecule has 0 unspecified atom stereocenters. The first-order valence-corrected chi connectivity index (χ1v) is 9.99. The molecule has 3 aromatic rings. The second-order valence-corrected chi connectivity index (χ2v) is 8.07. The number of hydrogen-bond acceptors (Lipinski definition) is 3. The molecule has 27 heavy (non-hydrogen) atoms. The van der Waals surface area contributed by atoms with Crippen molar-refractivity contribution in [2.45, 2.75) is 18.7 Å². The van der Waals surface area contributed by atoms with Crippen LogP contribution in [0.3, 0.4) is 0 Å².